The van der Waals surface area contributed by atoms with Gasteiger partial charge in [0.25, 0.3) is 0 Å². The smallest absolute Gasteiger partial charge is 0.410 e. The molecule has 1 aromatic rings. The quantitative estimate of drug-likeness (QED) is 0.828. The number of carbonyl (C=O) groups is 1. The summed E-state index contributed by atoms with van der Waals surface area (Å²) < 4.78 is 5.46. The molecule has 0 aromatic heterocycles. The normalized spacial score (nSPS) is 18.8. The van der Waals surface area contributed by atoms with Crippen LogP contribution in [0.2, 0.25) is 0 Å². The third-order valence-electron chi connectivity index (χ3n) is 4.64. The van der Waals surface area contributed by atoms with Gasteiger partial charge in [0.2, 0.25) is 0 Å². The number of rotatable bonds is 2. The maximum Gasteiger partial charge on any atom is 0.410 e. The summed E-state index contributed by atoms with van der Waals surface area (Å²) in [5.41, 5.74) is 2.55. The van der Waals surface area contributed by atoms with E-state index in [9.17, 15) is 4.79 Å². The molecule has 128 valence electrons. The first-order valence-electron chi connectivity index (χ1n) is 8.57. The lowest BCUT2D eigenvalue weighted by molar-refractivity contribution is 0.0224. The molecule has 1 amide bonds. The highest BCUT2D eigenvalue weighted by Gasteiger charge is 2.43. The minimum Gasteiger partial charge on any atom is -0.444 e. The zero-order chi connectivity index (χ0) is 17.4. The fourth-order valence-corrected chi connectivity index (χ4v) is 3.16. The topological polar surface area (TPSA) is 45.9 Å². The highest BCUT2D eigenvalue weighted by molar-refractivity contribution is 5.69. The molecule has 0 unspecified atom stereocenters. The Morgan fingerprint density at radius 1 is 1.33 bits per heavy atom. The molecule has 1 saturated carbocycles. The van der Waals surface area contributed by atoms with E-state index in [0.29, 0.717) is 13.1 Å². The largest absolute Gasteiger partial charge is 0.444 e. The van der Waals surface area contributed by atoms with E-state index in [1.54, 1.807) is 4.90 Å². The van der Waals surface area contributed by atoms with E-state index in [-0.39, 0.29) is 6.09 Å². The van der Waals surface area contributed by atoms with Crippen molar-refractivity contribution in [3.63, 3.8) is 0 Å². The lowest BCUT2D eigenvalue weighted by Crippen LogP contribution is -2.42. The summed E-state index contributed by atoms with van der Waals surface area (Å²) in [5.74, 6) is 0. The second-order valence-electron chi connectivity index (χ2n) is 7.76. The maximum absolute atomic E-state index is 12.2. The molecule has 0 radical (unpaired) electrons. The molecule has 24 heavy (non-hydrogen) atoms. The number of anilines is 1. The monoisotopic (exact) mass is 327 g/mol. The van der Waals surface area contributed by atoms with Crippen molar-refractivity contribution in [1.82, 2.24) is 4.90 Å². The van der Waals surface area contributed by atoms with Crippen LogP contribution in [0.3, 0.4) is 0 Å². The Hall–Kier alpha value is -2.22. The summed E-state index contributed by atoms with van der Waals surface area (Å²) in [6, 6.07) is 6.21. The molecular weight excluding hydrogens is 302 g/mol. The lowest BCUT2D eigenvalue weighted by Gasteiger charge is -2.33. The average Bonchev–Trinajstić information content (AvgIpc) is 2.48. The van der Waals surface area contributed by atoms with E-state index in [4.69, 9.17) is 11.3 Å². The summed E-state index contributed by atoms with van der Waals surface area (Å²) in [4.78, 5) is 17.8. The number of benzene rings is 1. The van der Waals surface area contributed by atoms with Crippen LogP contribution in [0.25, 0.3) is 4.85 Å². The number of hydrogen-bond acceptors (Lipinski definition) is 3. The molecule has 5 heteroatoms. The first-order valence-corrected chi connectivity index (χ1v) is 8.57. The molecule has 5 nitrogen and oxygen atoms in total. The third-order valence-corrected chi connectivity index (χ3v) is 4.64. The van der Waals surface area contributed by atoms with E-state index >= 15 is 0 Å². The van der Waals surface area contributed by atoms with E-state index in [0.717, 1.165) is 36.9 Å². The maximum atomic E-state index is 12.2. The number of fused-ring (bicyclic) bond motifs is 1. The molecule has 1 aliphatic heterocycles. The van der Waals surface area contributed by atoms with Crippen molar-refractivity contribution in [3.05, 3.63) is 40.7 Å². The van der Waals surface area contributed by atoms with Crippen molar-refractivity contribution < 1.29 is 9.53 Å². The Morgan fingerprint density at radius 3 is 2.67 bits per heavy atom. The van der Waals surface area contributed by atoms with Gasteiger partial charge in [0.1, 0.15) is 5.60 Å². The van der Waals surface area contributed by atoms with Gasteiger partial charge in [-0.25, -0.2) is 11.4 Å². The van der Waals surface area contributed by atoms with Gasteiger partial charge in [-0.05, 0) is 56.9 Å². The molecule has 0 spiro atoms. The van der Waals surface area contributed by atoms with Gasteiger partial charge in [0.05, 0.1) is 0 Å². The molecule has 1 aliphatic carbocycles. The first-order chi connectivity index (χ1) is 11.3. The Balaban J connectivity index is 1.68. The SMILES string of the molecule is [C-]#[N+]C1(Nc2ccc3c(c2)CCN(C(=O)OC(C)(C)C)C3)CCC1. The van der Waals surface area contributed by atoms with Crippen molar-refractivity contribution in [3.8, 4) is 0 Å². The molecule has 0 atom stereocenters. The molecule has 1 N–H and O–H groups in total. The lowest BCUT2D eigenvalue weighted by atomic mass is 9.85. The Kier molecular flexibility index (Phi) is 4.16. The van der Waals surface area contributed by atoms with E-state index < -0.39 is 11.3 Å². The van der Waals surface area contributed by atoms with Crippen LogP contribution < -0.4 is 5.32 Å². The number of ether oxygens (including phenoxy) is 1. The molecule has 1 aromatic carbocycles. The number of nitrogens with one attached hydrogen (secondary N) is 1. The van der Waals surface area contributed by atoms with E-state index in [1.165, 1.54) is 5.56 Å². The molecule has 0 bridgehead atoms. The molecule has 1 fully saturated rings. The van der Waals surface area contributed by atoms with Gasteiger partial charge >= 0.3 is 11.8 Å². The van der Waals surface area contributed by atoms with Crippen molar-refractivity contribution in [2.24, 2.45) is 0 Å². The Labute approximate surface area is 143 Å². The van der Waals surface area contributed by atoms with Gasteiger partial charge in [-0.3, -0.25) is 4.85 Å². The average molecular weight is 327 g/mol. The van der Waals surface area contributed by atoms with Crippen molar-refractivity contribution >= 4 is 11.8 Å². The van der Waals surface area contributed by atoms with Crippen molar-refractivity contribution in [1.29, 1.82) is 0 Å². The molecule has 1 heterocycles. The van der Waals surface area contributed by atoms with Crippen LogP contribution in [0.15, 0.2) is 18.2 Å². The molecular formula is C19H25N3O2. The molecule has 0 saturated heterocycles. The van der Waals surface area contributed by atoms with Gasteiger partial charge in [0.15, 0.2) is 0 Å². The number of amides is 1. The highest BCUT2D eigenvalue weighted by atomic mass is 16.6. The van der Waals surface area contributed by atoms with Gasteiger partial charge in [-0.2, -0.15) is 0 Å². The van der Waals surface area contributed by atoms with Gasteiger partial charge in [-0.15, -0.1) is 0 Å². The van der Waals surface area contributed by atoms with Crippen LogP contribution >= 0.6 is 0 Å². The van der Waals surface area contributed by atoms with Crippen LogP contribution in [-0.4, -0.2) is 28.8 Å². The molecule has 2 aliphatic rings. The molecule has 3 rings (SSSR count). The van der Waals surface area contributed by atoms with Crippen LogP contribution in [0.4, 0.5) is 10.5 Å². The fraction of sp³-hybridized carbons (Fsp3) is 0.579. The van der Waals surface area contributed by atoms with Gasteiger partial charge in [0, 0.05) is 31.6 Å². The van der Waals surface area contributed by atoms with Crippen LogP contribution in [0.1, 0.15) is 51.2 Å². The predicted molar refractivity (Wildman–Crippen MR) is 93.6 cm³/mol. The van der Waals surface area contributed by atoms with Crippen LogP contribution in [-0.2, 0) is 17.7 Å². The second kappa shape index (κ2) is 6.01. The van der Waals surface area contributed by atoms with Gasteiger partial charge < -0.3 is 15.0 Å². The van der Waals surface area contributed by atoms with Gasteiger partial charge in [-0.1, -0.05) is 6.07 Å². The summed E-state index contributed by atoms with van der Waals surface area (Å²) in [6.07, 6.45) is 3.51. The minimum absolute atomic E-state index is 0.253. The highest BCUT2D eigenvalue weighted by Crippen LogP contribution is 2.37. The van der Waals surface area contributed by atoms with Crippen LogP contribution in [0.5, 0.6) is 0 Å². The Bertz CT molecular complexity index is 681. The number of hydrogen-bond donors (Lipinski definition) is 1. The third kappa shape index (κ3) is 3.48. The predicted octanol–water partition coefficient (Wildman–Crippen LogP) is 4.19. The summed E-state index contributed by atoms with van der Waals surface area (Å²) >= 11 is 0. The second-order valence-corrected chi connectivity index (χ2v) is 7.76. The van der Waals surface area contributed by atoms with Crippen molar-refractivity contribution in [2.75, 3.05) is 11.9 Å². The zero-order valence-corrected chi connectivity index (χ0v) is 14.7. The van der Waals surface area contributed by atoms with Crippen molar-refractivity contribution in [2.45, 2.75) is 64.3 Å². The van der Waals surface area contributed by atoms with Crippen LogP contribution in [0, 0.1) is 6.57 Å². The zero-order valence-electron chi connectivity index (χ0n) is 14.7. The Morgan fingerprint density at radius 2 is 2.08 bits per heavy atom. The van der Waals surface area contributed by atoms with E-state index in [1.807, 2.05) is 26.8 Å². The number of nitrogens with zero attached hydrogens (tertiary/aromatic N) is 2. The fourth-order valence-electron chi connectivity index (χ4n) is 3.16. The first kappa shape index (κ1) is 16.6. The standard InChI is InChI=1S/C19H25N3O2/c1-18(2,3)24-17(23)22-11-8-14-12-16(7-6-15(14)13-22)21-19(20-4)9-5-10-19/h6-7,12,21H,5,8-11,13H2,1-3H3. The summed E-state index contributed by atoms with van der Waals surface area (Å²) in [5, 5.41) is 3.40. The summed E-state index contributed by atoms with van der Waals surface area (Å²) in [7, 11) is 0. The minimum atomic E-state index is -0.470. The van der Waals surface area contributed by atoms with E-state index in [2.05, 4.69) is 22.3 Å². The number of carbonyl (C=O) groups excluding carboxylic acids is 1. The summed E-state index contributed by atoms with van der Waals surface area (Å²) in [6.45, 7) is 14.3.